The van der Waals surface area contributed by atoms with Crippen molar-refractivity contribution in [1.29, 1.82) is 0 Å². The molecule has 1 aliphatic heterocycles. The maximum Gasteiger partial charge on any atom is 0.155 e. The van der Waals surface area contributed by atoms with Crippen molar-refractivity contribution < 1.29 is 13.2 Å². The fourth-order valence-electron chi connectivity index (χ4n) is 2.09. The Labute approximate surface area is 98.5 Å². The van der Waals surface area contributed by atoms with E-state index in [1.165, 1.54) is 0 Å². The molecule has 0 aromatic heterocycles. The van der Waals surface area contributed by atoms with Crippen LogP contribution in [0.25, 0.3) is 0 Å². The molecule has 3 unspecified atom stereocenters. The summed E-state index contributed by atoms with van der Waals surface area (Å²) in [6.07, 6.45) is 2.86. The van der Waals surface area contributed by atoms with Gasteiger partial charge in [0, 0.05) is 12.6 Å². The van der Waals surface area contributed by atoms with E-state index in [0.29, 0.717) is 19.4 Å². The summed E-state index contributed by atoms with van der Waals surface area (Å²) in [5, 5.41) is -0.301. The van der Waals surface area contributed by atoms with Gasteiger partial charge in [0.2, 0.25) is 0 Å². The molecule has 0 amide bonds. The molecule has 1 saturated heterocycles. The smallest absolute Gasteiger partial charge is 0.155 e. The van der Waals surface area contributed by atoms with Crippen LogP contribution in [0.15, 0.2) is 0 Å². The Hall–Kier alpha value is -0.130. The van der Waals surface area contributed by atoms with Gasteiger partial charge in [-0.25, -0.2) is 8.42 Å². The monoisotopic (exact) mass is 249 g/mol. The highest BCUT2D eigenvalue weighted by Crippen LogP contribution is 2.22. The predicted octanol–water partition coefficient (Wildman–Crippen LogP) is 1.10. The summed E-state index contributed by atoms with van der Waals surface area (Å²) in [5.74, 6) is 0.249. The average Bonchev–Trinajstić information content (AvgIpc) is 2.64. The highest BCUT2D eigenvalue weighted by molar-refractivity contribution is 7.92. The highest BCUT2D eigenvalue weighted by atomic mass is 32.2. The lowest BCUT2D eigenvalue weighted by atomic mass is 10.1. The number of hydrogen-bond acceptors (Lipinski definition) is 4. The summed E-state index contributed by atoms with van der Waals surface area (Å²) in [6, 6.07) is 0.132. The first-order valence-electron chi connectivity index (χ1n) is 6.06. The maximum atomic E-state index is 12.0. The van der Waals surface area contributed by atoms with Crippen molar-refractivity contribution in [3.05, 3.63) is 0 Å². The Morgan fingerprint density at radius 1 is 1.50 bits per heavy atom. The van der Waals surface area contributed by atoms with E-state index in [0.717, 1.165) is 12.8 Å². The second-order valence-corrected chi connectivity index (χ2v) is 6.92. The third-order valence-electron chi connectivity index (χ3n) is 3.30. The summed E-state index contributed by atoms with van der Waals surface area (Å²) in [6.45, 7) is 4.43. The lowest BCUT2D eigenvalue weighted by Crippen LogP contribution is -2.30. The van der Waals surface area contributed by atoms with E-state index in [1.54, 1.807) is 0 Å². The number of sulfone groups is 1. The quantitative estimate of drug-likeness (QED) is 0.765. The van der Waals surface area contributed by atoms with Gasteiger partial charge >= 0.3 is 0 Å². The number of rotatable bonds is 6. The molecule has 4 nitrogen and oxygen atoms in total. The Morgan fingerprint density at radius 2 is 2.19 bits per heavy atom. The SMILES string of the molecule is CCC(N)CCCS(=O)(=O)C1CCOC1C. The van der Waals surface area contributed by atoms with Gasteiger partial charge in [-0.3, -0.25) is 0 Å². The molecule has 96 valence electrons. The molecule has 1 aliphatic rings. The van der Waals surface area contributed by atoms with Crippen LogP contribution >= 0.6 is 0 Å². The fourth-order valence-corrected chi connectivity index (χ4v) is 4.08. The molecular formula is C11H23NO3S. The summed E-state index contributed by atoms with van der Waals surface area (Å²) in [7, 11) is -2.99. The molecule has 0 radical (unpaired) electrons. The standard InChI is InChI=1S/C11H23NO3S/c1-3-10(12)5-4-8-16(13,14)11-6-7-15-9(11)2/h9-11H,3-8,12H2,1-2H3. The van der Waals surface area contributed by atoms with Gasteiger partial charge in [-0.15, -0.1) is 0 Å². The van der Waals surface area contributed by atoms with Crippen LogP contribution in [0.3, 0.4) is 0 Å². The third-order valence-corrected chi connectivity index (χ3v) is 5.70. The molecule has 3 atom stereocenters. The van der Waals surface area contributed by atoms with E-state index in [1.807, 2.05) is 13.8 Å². The zero-order valence-electron chi connectivity index (χ0n) is 10.2. The predicted molar refractivity (Wildman–Crippen MR) is 65.1 cm³/mol. The van der Waals surface area contributed by atoms with Gasteiger partial charge < -0.3 is 10.5 Å². The van der Waals surface area contributed by atoms with Crippen LogP contribution < -0.4 is 5.73 Å². The van der Waals surface area contributed by atoms with Crippen LogP contribution in [0.2, 0.25) is 0 Å². The molecule has 1 rings (SSSR count). The Bertz CT molecular complexity index is 302. The maximum absolute atomic E-state index is 12.0. The number of hydrogen-bond donors (Lipinski definition) is 1. The normalized spacial score (nSPS) is 28.2. The zero-order valence-corrected chi connectivity index (χ0v) is 11.0. The largest absolute Gasteiger partial charge is 0.377 e. The zero-order chi connectivity index (χ0) is 12.2. The summed E-state index contributed by atoms with van der Waals surface area (Å²) < 4.78 is 29.3. The Kier molecular flexibility index (Phi) is 5.21. The van der Waals surface area contributed by atoms with Crippen molar-refractivity contribution in [3.8, 4) is 0 Å². The van der Waals surface area contributed by atoms with Gasteiger partial charge in [0.15, 0.2) is 9.84 Å². The average molecular weight is 249 g/mol. The van der Waals surface area contributed by atoms with Gasteiger partial charge in [0.25, 0.3) is 0 Å². The van der Waals surface area contributed by atoms with Gasteiger partial charge in [0.05, 0.1) is 17.1 Å². The van der Waals surface area contributed by atoms with Crippen LogP contribution in [0.4, 0.5) is 0 Å². The molecule has 1 fully saturated rings. The van der Waals surface area contributed by atoms with Crippen LogP contribution in [-0.4, -0.2) is 38.2 Å². The van der Waals surface area contributed by atoms with Crippen molar-refractivity contribution in [2.24, 2.45) is 5.73 Å². The molecule has 0 bridgehead atoms. The van der Waals surface area contributed by atoms with E-state index < -0.39 is 9.84 Å². The van der Waals surface area contributed by atoms with Gasteiger partial charge in [-0.05, 0) is 32.6 Å². The summed E-state index contributed by atoms with van der Waals surface area (Å²) in [4.78, 5) is 0. The highest BCUT2D eigenvalue weighted by Gasteiger charge is 2.35. The van der Waals surface area contributed by atoms with Crippen LogP contribution in [0.5, 0.6) is 0 Å². The Morgan fingerprint density at radius 3 is 2.69 bits per heavy atom. The van der Waals surface area contributed by atoms with E-state index in [-0.39, 0.29) is 23.1 Å². The minimum absolute atomic E-state index is 0.132. The summed E-state index contributed by atoms with van der Waals surface area (Å²) in [5.41, 5.74) is 5.76. The third kappa shape index (κ3) is 3.71. The Balaban J connectivity index is 2.40. The molecule has 0 spiro atoms. The molecule has 0 aromatic carbocycles. The van der Waals surface area contributed by atoms with Crippen molar-refractivity contribution in [2.75, 3.05) is 12.4 Å². The van der Waals surface area contributed by atoms with Gasteiger partial charge in [-0.2, -0.15) is 0 Å². The number of nitrogens with two attached hydrogens (primary N) is 1. The fraction of sp³-hybridized carbons (Fsp3) is 1.00. The molecule has 5 heteroatoms. The van der Waals surface area contributed by atoms with Crippen LogP contribution in [-0.2, 0) is 14.6 Å². The molecular weight excluding hydrogens is 226 g/mol. The van der Waals surface area contributed by atoms with E-state index >= 15 is 0 Å². The topological polar surface area (TPSA) is 69.4 Å². The van der Waals surface area contributed by atoms with Crippen molar-refractivity contribution in [3.63, 3.8) is 0 Å². The van der Waals surface area contributed by atoms with Crippen molar-refractivity contribution in [1.82, 2.24) is 0 Å². The van der Waals surface area contributed by atoms with Gasteiger partial charge in [-0.1, -0.05) is 6.92 Å². The first-order valence-corrected chi connectivity index (χ1v) is 7.77. The lowest BCUT2D eigenvalue weighted by molar-refractivity contribution is 0.126. The van der Waals surface area contributed by atoms with Crippen LogP contribution in [0.1, 0.15) is 39.5 Å². The molecule has 2 N–H and O–H groups in total. The summed E-state index contributed by atoms with van der Waals surface area (Å²) >= 11 is 0. The second-order valence-electron chi connectivity index (χ2n) is 4.58. The first kappa shape index (κ1) is 13.9. The van der Waals surface area contributed by atoms with Crippen molar-refractivity contribution >= 4 is 9.84 Å². The minimum Gasteiger partial charge on any atom is -0.377 e. The second kappa shape index (κ2) is 5.98. The lowest BCUT2D eigenvalue weighted by Gasteiger charge is -2.15. The van der Waals surface area contributed by atoms with E-state index in [4.69, 9.17) is 10.5 Å². The molecule has 0 aromatic rings. The molecule has 0 aliphatic carbocycles. The number of ether oxygens (including phenoxy) is 1. The minimum atomic E-state index is -2.99. The molecule has 16 heavy (non-hydrogen) atoms. The van der Waals surface area contributed by atoms with E-state index in [2.05, 4.69) is 0 Å². The van der Waals surface area contributed by atoms with Gasteiger partial charge in [0.1, 0.15) is 0 Å². The van der Waals surface area contributed by atoms with E-state index in [9.17, 15) is 8.42 Å². The van der Waals surface area contributed by atoms with Crippen LogP contribution in [0, 0.1) is 0 Å². The molecule has 0 saturated carbocycles. The first-order chi connectivity index (χ1) is 7.47. The molecule has 1 heterocycles. The van der Waals surface area contributed by atoms with Crippen molar-refractivity contribution in [2.45, 2.75) is 56.9 Å².